The van der Waals surface area contributed by atoms with Crippen LogP contribution in [-0.2, 0) is 20.9 Å². The Morgan fingerprint density at radius 2 is 2.00 bits per heavy atom. The van der Waals surface area contributed by atoms with Crippen molar-refractivity contribution in [2.45, 2.75) is 32.2 Å². The van der Waals surface area contributed by atoms with Crippen molar-refractivity contribution in [3.05, 3.63) is 35.9 Å². The predicted molar refractivity (Wildman–Crippen MR) is 69.4 cm³/mol. The molecule has 0 radical (unpaired) electrons. The second-order valence-electron chi connectivity index (χ2n) is 4.65. The molecule has 0 bridgehead atoms. The summed E-state index contributed by atoms with van der Waals surface area (Å²) >= 11 is 0. The molecule has 0 saturated heterocycles. The van der Waals surface area contributed by atoms with Crippen molar-refractivity contribution in [3.63, 3.8) is 0 Å². The number of aliphatic hydroxyl groups is 2. The lowest BCUT2D eigenvalue weighted by Gasteiger charge is -2.28. The van der Waals surface area contributed by atoms with Crippen LogP contribution in [0.25, 0.3) is 0 Å². The Morgan fingerprint density at radius 1 is 1.37 bits per heavy atom. The minimum atomic E-state index is -1.53. The summed E-state index contributed by atoms with van der Waals surface area (Å²) in [6.45, 7) is 2.68. The number of benzene rings is 1. The molecule has 0 spiro atoms. The highest BCUT2D eigenvalue weighted by molar-refractivity contribution is 5.65. The lowest BCUT2D eigenvalue weighted by Crippen LogP contribution is -2.46. The Hall–Kier alpha value is -1.43. The molecule has 0 heterocycles. The first-order valence-corrected chi connectivity index (χ1v) is 6.07. The Bertz CT molecular complexity index is 388. The third-order valence-electron chi connectivity index (χ3n) is 2.67. The Labute approximate surface area is 112 Å². The van der Waals surface area contributed by atoms with Crippen molar-refractivity contribution in [3.8, 4) is 0 Å². The number of carbonyl (C=O) groups is 1. The van der Waals surface area contributed by atoms with Gasteiger partial charge in [0.2, 0.25) is 0 Å². The van der Waals surface area contributed by atoms with Gasteiger partial charge < -0.3 is 19.7 Å². The number of aliphatic hydroxyl groups excluding tert-OH is 1. The molecule has 2 N–H and O–H groups in total. The van der Waals surface area contributed by atoms with Gasteiger partial charge in [-0.05, 0) is 12.5 Å². The highest BCUT2D eigenvalue weighted by Crippen LogP contribution is 2.12. The first kappa shape index (κ1) is 15.6. The summed E-state index contributed by atoms with van der Waals surface area (Å²) in [6.07, 6.45) is -1.13. The summed E-state index contributed by atoms with van der Waals surface area (Å²) in [5.41, 5.74) is -0.545. The van der Waals surface area contributed by atoms with Gasteiger partial charge in [-0.25, -0.2) is 0 Å². The van der Waals surface area contributed by atoms with Gasteiger partial charge in [0.05, 0.1) is 13.2 Å². The molecule has 1 aromatic rings. The molecule has 0 amide bonds. The number of rotatable bonds is 7. The quantitative estimate of drug-likeness (QED) is 0.718. The first-order valence-electron chi connectivity index (χ1n) is 6.07. The number of hydrogen-bond acceptors (Lipinski definition) is 5. The standard InChI is InChI=1S/C14H20O5/c1-11(15)19-10-14(2,17)13(16)9-18-8-12-6-4-3-5-7-12/h3-7,13,16-17H,8-10H2,1-2H3/t13-,14+/m1/s1. The molecule has 1 aromatic carbocycles. The molecule has 0 aliphatic rings. The van der Waals surface area contributed by atoms with Gasteiger partial charge in [-0.15, -0.1) is 0 Å². The van der Waals surface area contributed by atoms with Crippen LogP contribution in [0.5, 0.6) is 0 Å². The van der Waals surface area contributed by atoms with Gasteiger partial charge in [-0.2, -0.15) is 0 Å². The Morgan fingerprint density at radius 3 is 2.58 bits per heavy atom. The average molecular weight is 268 g/mol. The minimum Gasteiger partial charge on any atom is -0.463 e. The third-order valence-corrected chi connectivity index (χ3v) is 2.67. The van der Waals surface area contributed by atoms with E-state index in [1.54, 1.807) is 0 Å². The topological polar surface area (TPSA) is 76.0 Å². The molecule has 5 heteroatoms. The highest BCUT2D eigenvalue weighted by Gasteiger charge is 2.31. The molecular weight excluding hydrogens is 248 g/mol. The lowest BCUT2D eigenvalue weighted by molar-refractivity contribution is -0.160. The molecule has 0 unspecified atom stereocenters. The van der Waals surface area contributed by atoms with Crippen LogP contribution in [0.2, 0.25) is 0 Å². The zero-order valence-electron chi connectivity index (χ0n) is 11.2. The minimum absolute atomic E-state index is 0.0385. The van der Waals surface area contributed by atoms with Gasteiger partial charge >= 0.3 is 5.97 Å². The normalized spacial score (nSPS) is 15.6. The SMILES string of the molecule is CC(=O)OC[C@](C)(O)[C@H](O)COCc1ccccc1. The van der Waals surface area contributed by atoms with Crippen molar-refractivity contribution in [2.75, 3.05) is 13.2 Å². The maximum Gasteiger partial charge on any atom is 0.302 e. The fourth-order valence-corrected chi connectivity index (χ4v) is 1.39. The van der Waals surface area contributed by atoms with Crippen LogP contribution in [0.3, 0.4) is 0 Å². The molecule has 1 rings (SSSR count). The fourth-order valence-electron chi connectivity index (χ4n) is 1.39. The summed E-state index contributed by atoms with van der Waals surface area (Å²) in [4.78, 5) is 10.7. The lowest BCUT2D eigenvalue weighted by atomic mass is 10.0. The van der Waals surface area contributed by atoms with Crippen LogP contribution in [0, 0.1) is 0 Å². The van der Waals surface area contributed by atoms with Crippen LogP contribution in [0.15, 0.2) is 30.3 Å². The summed E-state index contributed by atoms with van der Waals surface area (Å²) in [7, 11) is 0. The van der Waals surface area contributed by atoms with E-state index in [0.29, 0.717) is 6.61 Å². The van der Waals surface area contributed by atoms with E-state index < -0.39 is 17.7 Å². The van der Waals surface area contributed by atoms with E-state index in [0.717, 1.165) is 5.56 Å². The largest absolute Gasteiger partial charge is 0.463 e. The summed E-state index contributed by atoms with van der Waals surface area (Å²) in [6, 6.07) is 9.51. The molecule has 106 valence electrons. The van der Waals surface area contributed by atoms with Crippen LogP contribution in [0.1, 0.15) is 19.4 Å². The van der Waals surface area contributed by atoms with E-state index >= 15 is 0 Å². The molecule has 5 nitrogen and oxygen atoms in total. The first-order chi connectivity index (χ1) is 8.92. The summed E-state index contributed by atoms with van der Waals surface area (Å²) in [5, 5.41) is 19.7. The van der Waals surface area contributed by atoms with Gasteiger partial charge in [0.1, 0.15) is 18.3 Å². The molecule has 2 atom stereocenters. The zero-order valence-corrected chi connectivity index (χ0v) is 11.2. The fraction of sp³-hybridized carbons (Fsp3) is 0.500. The summed E-state index contributed by atoms with van der Waals surface area (Å²) in [5.74, 6) is -0.502. The maximum atomic E-state index is 10.7. The van der Waals surface area contributed by atoms with Crippen molar-refractivity contribution >= 4 is 5.97 Å². The zero-order chi connectivity index (χ0) is 14.3. The van der Waals surface area contributed by atoms with Crippen LogP contribution >= 0.6 is 0 Å². The monoisotopic (exact) mass is 268 g/mol. The highest BCUT2D eigenvalue weighted by atomic mass is 16.5. The van der Waals surface area contributed by atoms with E-state index in [1.807, 2.05) is 30.3 Å². The maximum absolute atomic E-state index is 10.7. The van der Waals surface area contributed by atoms with Gasteiger partial charge in [0.15, 0.2) is 0 Å². The second kappa shape index (κ2) is 7.23. The molecule has 0 aliphatic carbocycles. The van der Waals surface area contributed by atoms with Gasteiger partial charge in [-0.1, -0.05) is 30.3 Å². The van der Waals surface area contributed by atoms with Crippen LogP contribution < -0.4 is 0 Å². The average Bonchev–Trinajstić information content (AvgIpc) is 2.37. The summed E-state index contributed by atoms with van der Waals surface area (Å²) < 4.78 is 10.0. The molecule has 0 saturated carbocycles. The van der Waals surface area contributed by atoms with Gasteiger partial charge in [0.25, 0.3) is 0 Å². The van der Waals surface area contributed by atoms with Gasteiger partial charge in [-0.3, -0.25) is 4.79 Å². The van der Waals surface area contributed by atoms with Gasteiger partial charge in [0, 0.05) is 6.92 Å². The van der Waals surface area contributed by atoms with Crippen LogP contribution in [-0.4, -0.2) is 41.1 Å². The van der Waals surface area contributed by atoms with Crippen molar-refractivity contribution in [2.24, 2.45) is 0 Å². The van der Waals surface area contributed by atoms with Crippen molar-refractivity contribution in [1.29, 1.82) is 0 Å². The van der Waals surface area contributed by atoms with Crippen molar-refractivity contribution < 1.29 is 24.5 Å². The number of ether oxygens (including phenoxy) is 2. The van der Waals surface area contributed by atoms with E-state index in [-0.39, 0.29) is 13.2 Å². The molecule has 0 aliphatic heterocycles. The van der Waals surface area contributed by atoms with E-state index in [4.69, 9.17) is 4.74 Å². The Kier molecular flexibility index (Phi) is 5.95. The molecule has 0 aromatic heterocycles. The third kappa shape index (κ3) is 5.83. The Balaban J connectivity index is 2.33. The van der Waals surface area contributed by atoms with E-state index in [2.05, 4.69) is 4.74 Å². The second-order valence-corrected chi connectivity index (χ2v) is 4.65. The molecule has 0 fully saturated rings. The number of hydrogen-bond donors (Lipinski definition) is 2. The van der Waals surface area contributed by atoms with E-state index in [1.165, 1.54) is 13.8 Å². The number of esters is 1. The smallest absolute Gasteiger partial charge is 0.302 e. The predicted octanol–water partition coefficient (Wildman–Crippen LogP) is 0.878. The van der Waals surface area contributed by atoms with Crippen LogP contribution in [0.4, 0.5) is 0 Å². The molecule has 19 heavy (non-hydrogen) atoms. The molecular formula is C14H20O5. The van der Waals surface area contributed by atoms with Crippen molar-refractivity contribution in [1.82, 2.24) is 0 Å². The number of carbonyl (C=O) groups excluding carboxylic acids is 1. The van der Waals surface area contributed by atoms with E-state index in [9.17, 15) is 15.0 Å².